The van der Waals surface area contributed by atoms with Gasteiger partial charge < -0.3 is 14.9 Å². The van der Waals surface area contributed by atoms with Crippen molar-refractivity contribution in [2.24, 2.45) is 5.92 Å². The summed E-state index contributed by atoms with van der Waals surface area (Å²) in [5.41, 5.74) is 2.79. The van der Waals surface area contributed by atoms with E-state index in [9.17, 15) is 22.8 Å². The maximum atomic E-state index is 12.7. The second kappa shape index (κ2) is 9.70. The lowest BCUT2D eigenvalue weighted by Crippen LogP contribution is -2.54. The molecule has 1 spiro atoms. The summed E-state index contributed by atoms with van der Waals surface area (Å²) in [6.07, 6.45) is -0.937. The molecule has 0 atom stereocenters. The van der Waals surface area contributed by atoms with Crippen molar-refractivity contribution in [3.63, 3.8) is 0 Å². The van der Waals surface area contributed by atoms with Gasteiger partial charge in [-0.3, -0.25) is 14.5 Å². The molecule has 2 heterocycles. The number of nitrogens with zero attached hydrogens (tertiary/aromatic N) is 3. The van der Waals surface area contributed by atoms with Gasteiger partial charge in [-0.05, 0) is 49.9 Å². The van der Waals surface area contributed by atoms with Crippen LogP contribution in [0.2, 0.25) is 0 Å². The molecule has 0 bridgehead atoms. The Hall–Kier alpha value is -2.62. The number of likely N-dealkylation sites (N-methyl/N-ethyl adjacent to an activating group) is 1. The van der Waals surface area contributed by atoms with Gasteiger partial charge in [-0.1, -0.05) is 24.3 Å². The summed E-state index contributed by atoms with van der Waals surface area (Å²) in [5, 5.41) is 7.12. The Balaban J connectivity index is 0.000000383. The number of likely N-dealkylation sites (tertiary alicyclic amines) is 1. The number of aliphatic carboxylic acids is 1. The van der Waals surface area contributed by atoms with Crippen LogP contribution in [-0.4, -0.2) is 84.0 Å². The number of fused-ring (bicyclic) bond motifs is 2. The first kappa shape index (κ1) is 25.0. The maximum Gasteiger partial charge on any atom is 0.490 e. The number of benzene rings is 1. The fraction of sp³-hybridized carbons (Fsp3) is 0.609. The van der Waals surface area contributed by atoms with E-state index in [1.165, 1.54) is 11.1 Å². The first-order chi connectivity index (χ1) is 15.4. The van der Waals surface area contributed by atoms with E-state index < -0.39 is 12.1 Å². The lowest BCUT2D eigenvalue weighted by molar-refractivity contribution is -0.192. The van der Waals surface area contributed by atoms with Crippen molar-refractivity contribution in [1.82, 2.24) is 14.7 Å². The molecule has 7 nitrogen and oxygen atoms in total. The number of alkyl halides is 3. The molecule has 1 aliphatic carbocycles. The fourth-order valence-electron chi connectivity index (χ4n) is 4.53. The number of halogens is 3. The van der Waals surface area contributed by atoms with Crippen molar-refractivity contribution in [1.29, 1.82) is 0 Å². The van der Waals surface area contributed by atoms with Crippen LogP contribution in [0.1, 0.15) is 36.8 Å². The monoisotopic (exact) mass is 469 g/mol. The van der Waals surface area contributed by atoms with Crippen LogP contribution in [0.3, 0.4) is 0 Å². The molecule has 1 saturated heterocycles. The maximum absolute atomic E-state index is 12.7. The van der Waals surface area contributed by atoms with Crippen LogP contribution in [0, 0.1) is 5.92 Å². The number of carbonyl (C=O) groups excluding carboxylic acids is 2. The molecule has 2 fully saturated rings. The first-order valence-corrected chi connectivity index (χ1v) is 11.0. The molecule has 0 unspecified atom stereocenters. The average molecular weight is 470 g/mol. The highest BCUT2D eigenvalue weighted by Gasteiger charge is 2.45. The van der Waals surface area contributed by atoms with E-state index >= 15 is 0 Å². The van der Waals surface area contributed by atoms with E-state index in [1.54, 1.807) is 4.90 Å². The molecule has 1 aromatic rings. The van der Waals surface area contributed by atoms with Crippen LogP contribution in [0.15, 0.2) is 24.3 Å². The van der Waals surface area contributed by atoms with Gasteiger partial charge in [-0.2, -0.15) is 13.2 Å². The minimum absolute atomic E-state index is 0.0526. The van der Waals surface area contributed by atoms with Crippen LogP contribution in [0.25, 0.3) is 0 Å². The third kappa shape index (κ3) is 6.04. The van der Waals surface area contributed by atoms with E-state index in [0.717, 1.165) is 51.9 Å². The SMILES string of the molecule is CN(C)C(=O)CN1CCC2(CC1)CN(C(=O)C1CC1)Cc1ccccc12.O=C(O)C(F)(F)F. The summed E-state index contributed by atoms with van der Waals surface area (Å²) < 4.78 is 31.7. The molecule has 4 rings (SSSR count). The number of carboxylic acids is 1. The van der Waals surface area contributed by atoms with E-state index in [4.69, 9.17) is 9.90 Å². The molecule has 1 aromatic carbocycles. The van der Waals surface area contributed by atoms with Crippen LogP contribution < -0.4 is 0 Å². The highest BCUT2D eigenvalue weighted by atomic mass is 19.4. The van der Waals surface area contributed by atoms with Gasteiger partial charge in [0.05, 0.1) is 6.54 Å². The van der Waals surface area contributed by atoms with E-state index in [2.05, 4.69) is 34.1 Å². The van der Waals surface area contributed by atoms with Gasteiger partial charge in [0.15, 0.2) is 0 Å². The zero-order valence-corrected chi connectivity index (χ0v) is 18.9. The minimum atomic E-state index is -5.08. The third-order valence-corrected chi connectivity index (χ3v) is 6.60. The number of amides is 2. The number of carbonyl (C=O) groups is 3. The van der Waals surface area contributed by atoms with Crippen molar-refractivity contribution >= 4 is 17.8 Å². The Morgan fingerprint density at radius 1 is 1.12 bits per heavy atom. The molecule has 182 valence electrons. The molecule has 33 heavy (non-hydrogen) atoms. The molecule has 3 aliphatic rings. The zero-order chi connectivity index (χ0) is 24.4. The molecule has 10 heteroatoms. The predicted octanol–water partition coefficient (Wildman–Crippen LogP) is 2.49. The molecule has 2 aliphatic heterocycles. The predicted molar refractivity (Wildman–Crippen MR) is 114 cm³/mol. The Morgan fingerprint density at radius 2 is 1.70 bits per heavy atom. The van der Waals surface area contributed by atoms with Crippen molar-refractivity contribution in [2.45, 2.75) is 43.8 Å². The second-order valence-electron chi connectivity index (χ2n) is 9.27. The minimum Gasteiger partial charge on any atom is -0.475 e. The van der Waals surface area contributed by atoms with Gasteiger partial charge in [0.2, 0.25) is 11.8 Å². The Labute approximate surface area is 191 Å². The van der Waals surface area contributed by atoms with Crippen LogP contribution in [0.4, 0.5) is 13.2 Å². The van der Waals surface area contributed by atoms with E-state index in [0.29, 0.717) is 12.5 Å². The molecule has 1 N–H and O–H groups in total. The number of hydrogen-bond donors (Lipinski definition) is 1. The standard InChI is InChI=1S/C21H29N3O2.C2HF3O2/c1-22(2)19(25)14-23-11-9-21(10-12-23)15-24(20(26)16-7-8-16)13-17-5-3-4-6-18(17)21;3-2(4,5)1(6)7/h3-6,16H,7-15H2,1-2H3;(H,6,7). The van der Waals surface area contributed by atoms with Crippen LogP contribution >= 0.6 is 0 Å². The number of hydrogen-bond acceptors (Lipinski definition) is 4. The average Bonchev–Trinajstić information content (AvgIpc) is 3.60. The second-order valence-corrected chi connectivity index (χ2v) is 9.27. The quantitative estimate of drug-likeness (QED) is 0.736. The van der Waals surface area contributed by atoms with E-state index in [1.807, 2.05) is 14.1 Å². The van der Waals surface area contributed by atoms with Crippen molar-refractivity contribution < 1.29 is 32.7 Å². The van der Waals surface area contributed by atoms with Gasteiger partial charge in [-0.25, -0.2) is 4.79 Å². The van der Waals surface area contributed by atoms with Gasteiger partial charge in [-0.15, -0.1) is 0 Å². The summed E-state index contributed by atoms with van der Waals surface area (Å²) in [5.74, 6) is -1.97. The van der Waals surface area contributed by atoms with Crippen molar-refractivity contribution in [2.75, 3.05) is 40.3 Å². The fourth-order valence-corrected chi connectivity index (χ4v) is 4.53. The summed E-state index contributed by atoms with van der Waals surface area (Å²) in [4.78, 5) is 39.7. The van der Waals surface area contributed by atoms with Gasteiger partial charge in [0.1, 0.15) is 0 Å². The molecule has 2 amide bonds. The molecule has 0 aromatic heterocycles. The lowest BCUT2D eigenvalue weighted by atomic mass is 9.68. The largest absolute Gasteiger partial charge is 0.490 e. The van der Waals surface area contributed by atoms with Gasteiger partial charge >= 0.3 is 12.1 Å². The summed E-state index contributed by atoms with van der Waals surface area (Å²) in [6, 6.07) is 8.66. The van der Waals surface area contributed by atoms with Gasteiger partial charge in [0.25, 0.3) is 0 Å². The van der Waals surface area contributed by atoms with Crippen LogP contribution in [0.5, 0.6) is 0 Å². The normalized spacial score (nSPS) is 19.8. The Bertz CT molecular complexity index is 891. The molecular weight excluding hydrogens is 439 g/mol. The topological polar surface area (TPSA) is 81.2 Å². The molecule has 0 radical (unpaired) electrons. The van der Waals surface area contributed by atoms with Crippen molar-refractivity contribution in [3.05, 3.63) is 35.4 Å². The molecular formula is C23H30F3N3O4. The smallest absolute Gasteiger partial charge is 0.475 e. The van der Waals surface area contributed by atoms with Crippen molar-refractivity contribution in [3.8, 4) is 0 Å². The number of carboxylic acid groups (broad SMARTS) is 1. The molecule has 1 saturated carbocycles. The van der Waals surface area contributed by atoms with Gasteiger partial charge in [0, 0.05) is 38.5 Å². The van der Waals surface area contributed by atoms with Crippen LogP contribution in [-0.2, 0) is 26.3 Å². The Morgan fingerprint density at radius 3 is 2.21 bits per heavy atom. The van der Waals surface area contributed by atoms with E-state index in [-0.39, 0.29) is 17.2 Å². The first-order valence-electron chi connectivity index (χ1n) is 11.0. The highest BCUT2D eigenvalue weighted by molar-refractivity contribution is 5.81. The summed E-state index contributed by atoms with van der Waals surface area (Å²) in [7, 11) is 3.62. The number of rotatable bonds is 3. The highest BCUT2D eigenvalue weighted by Crippen LogP contribution is 2.43. The lowest BCUT2D eigenvalue weighted by Gasteiger charge is -2.48. The summed E-state index contributed by atoms with van der Waals surface area (Å²) >= 11 is 0. The zero-order valence-electron chi connectivity index (χ0n) is 18.9. The third-order valence-electron chi connectivity index (χ3n) is 6.60. The Kier molecular flexibility index (Phi) is 7.36. The summed E-state index contributed by atoms with van der Waals surface area (Å²) in [6.45, 7) is 3.93. The number of piperidine rings is 1.